The van der Waals surface area contributed by atoms with Gasteiger partial charge in [-0.1, -0.05) is 158 Å². The zero-order chi connectivity index (χ0) is 40.3. The van der Waals surface area contributed by atoms with Crippen LogP contribution in [0, 0.1) is 0 Å². The van der Waals surface area contributed by atoms with Gasteiger partial charge in [-0.05, 0) is 110 Å². The van der Waals surface area contributed by atoms with Crippen molar-refractivity contribution in [2.45, 2.75) is 0 Å². The lowest BCUT2D eigenvalue weighted by Gasteiger charge is -2.29. The molecule has 10 aromatic carbocycles. The van der Waals surface area contributed by atoms with Gasteiger partial charge in [0.1, 0.15) is 22.3 Å². The van der Waals surface area contributed by atoms with Gasteiger partial charge in [-0.3, -0.25) is 0 Å². The summed E-state index contributed by atoms with van der Waals surface area (Å²) in [7, 11) is 0. The van der Waals surface area contributed by atoms with Crippen molar-refractivity contribution in [1.29, 1.82) is 0 Å². The van der Waals surface area contributed by atoms with E-state index in [1.54, 1.807) is 0 Å². The number of furan rings is 2. The van der Waals surface area contributed by atoms with Gasteiger partial charge < -0.3 is 13.7 Å². The van der Waals surface area contributed by atoms with Crippen LogP contribution in [0.3, 0.4) is 0 Å². The van der Waals surface area contributed by atoms with Crippen LogP contribution in [0.2, 0.25) is 0 Å². The largest absolute Gasteiger partial charge is 0.456 e. The van der Waals surface area contributed by atoms with Crippen molar-refractivity contribution < 1.29 is 8.83 Å². The number of para-hydroxylation sites is 3. The Hall–Kier alpha value is -8.14. The summed E-state index contributed by atoms with van der Waals surface area (Å²) in [6.45, 7) is 0. The first-order chi connectivity index (χ1) is 30.2. The van der Waals surface area contributed by atoms with E-state index in [1.165, 1.54) is 21.7 Å². The van der Waals surface area contributed by atoms with Crippen molar-refractivity contribution in [2.75, 3.05) is 4.90 Å². The second-order valence-electron chi connectivity index (χ2n) is 15.6. The molecular formula is C58H37NO2. The third kappa shape index (κ3) is 5.98. The quantitative estimate of drug-likeness (QED) is 0.161. The minimum atomic E-state index is 0.855. The molecule has 0 aliphatic rings. The molecule has 0 fully saturated rings. The molecule has 2 aromatic heterocycles. The summed E-state index contributed by atoms with van der Waals surface area (Å²) in [5.74, 6) is 0. The molecule has 3 nitrogen and oxygen atoms in total. The number of benzene rings is 10. The Morgan fingerprint density at radius 2 is 0.869 bits per heavy atom. The van der Waals surface area contributed by atoms with Gasteiger partial charge in [0, 0.05) is 44.5 Å². The highest BCUT2D eigenvalue weighted by Crippen LogP contribution is 2.46. The molecule has 3 heteroatoms. The molecule has 12 rings (SSSR count). The lowest BCUT2D eigenvalue weighted by Crippen LogP contribution is -2.11. The first-order valence-corrected chi connectivity index (χ1v) is 20.7. The molecular weight excluding hydrogens is 743 g/mol. The zero-order valence-corrected chi connectivity index (χ0v) is 33.1. The summed E-state index contributed by atoms with van der Waals surface area (Å²) >= 11 is 0. The predicted molar refractivity (Wildman–Crippen MR) is 255 cm³/mol. The van der Waals surface area contributed by atoms with Gasteiger partial charge in [-0.2, -0.15) is 0 Å². The fourth-order valence-electron chi connectivity index (χ4n) is 9.19. The minimum Gasteiger partial charge on any atom is -0.456 e. The predicted octanol–water partition coefficient (Wildman–Crippen LogP) is 16.8. The van der Waals surface area contributed by atoms with Gasteiger partial charge in [-0.15, -0.1) is 0 Å². The topological polar surface area (TPSA) is 29.5 Å². The lowest BCUT2D eigenvalue weighted by atomic mass is 9.91. The normalized spacial score (nSPS) is 11.6. The van der Waals surface area contributed by atoms with Crippen molar-refractivity contribution in [3.05, 3.63) is 224 Å². The second kappa shape index (κ2) is 14.3. The standard InChI is InChI=1S/C58H37NO2/c1-3-14-38(15-4-1)47-20-7-10-23-53(47)59(45-29-32-50-49-21-8-11-24-54(49)61-57(50)37-45)44-28-31-46(52(36-44)39-16-5-2-6-17-39)42-19-13-18-40(34-42)41-26-30-48-43(35-41)27-33-56-58(48)51-22-9-12-25-55(51)60-56/h1-37H. The molecule has 0 bridgehead atoms. The van der Waals surface area contributed by atoms with E-state index in [-0.39, 0.29) is 0 Å². The van der Waals surface area contributed by atoms with Crippen molar-refractivity contribution in [3.63, 3.8) is 0 Å². The van der Waals surface area contributed by atoms with Crippen molar-refractivity contribution in [1.82, 2.24) is 0 Å². The Bertz CT molecular complexity index is 3600. The first-order valence-electron chi connectivity index (χ1n) is 20.7. The van der Waals surface area contributed by atoms with E-state index < -0.39 is 0 Å². The molecule has 0 aliphatic heterocycles. The van der Waals surface area contributed by atoms with Crippen LogP contribution in [0.5, 0.6) is 0 Å². The number of rotatable bonds is 7. The second-order valence-corrected chi connectivity index (χ2v) is 15.6. The fourth-order valence-corrected chi connectivity index (χ4v) is 9.19. The van der Waals surface area contributed by atoms with Crippen LogP contribution in [-0.4, -0.2) is 0 Å². The van der Waals surface area contributed by atoms with E-state index in [4.69, 9.17) is 8.83 Å². The Morgan fingerprint density at radius 1 is 0.279 bits per heavy atom. The SMILES string of the molecule is c1ccc(-c2cc(N(c3ccc4c(c3)oc3ccccc34)c3ccccc3-c3ccccc3)ccc2-c2cccc(-c3ccc4c(ccc5oc6ccccc6c54)c3)c2)cc1. The number of fused-ring (bicyclic) bond motifs is 8. The molecule has 0 amide bonds. The van der Waals surface area contributed by atoms with Gasteiger partial charge in [-0.25, -0.2) is 0 Å². The van der Waals surface area contributed by atoms with Gasteiger partial charge in [0.25, 0.3) is 0 Å². The van der Waals surface area contributed by atoms with E-state index in [1.807, 2.05) is 24.3 Å². The molecule has 286 valence electrons. The maximum Gasteiger partial charge on any atom is 0.137 e. The fraction of sp³-hybridized carbons (Fsp3) is 0. The van der Waals surface area contributed by atoms with Crippen LogP contribution in [-0.2, 0) is 0 Å². The molecule has 0 atom stereocenters. The van der Waals surface area contributed by atoms with Crippen LogP contribution < -0.4 is 4.90 Å². The van der Waals surface area contributed by atoms with Gasteiger partial charge in [0.15, 0.2) is 0 Å². The van der Waals surface area contributed by atoms with Crippen LogP contribution in [0.1, 0.15) is 0 Å². The smallest absolute Gasteiger partial charge is 0.137 e. The Balaban J connectivity index is 1.02. The number of anilines is 3. The van der Waals surface area contributed by atoms with Crippen LogP contribution >= 0.6 is 0 Å². The molecule has 0 saturated carbocycles. The Kier molecular flexibility index (Phi) is 8.17. The van der Waals surface area contributed by atoms with E-state index in [0.717, 1.165) is 94.5 Å². The van der Waals surface area contributed by atoms with Crippen molar-refractivity contribution in [3.8, 4) is 44.5 Å². The molecule has 0 unspecified atom stereocenters. The third-order valence-electron chi connectivity index (χ3n) is 12.1. The summed E-state index contributed by atoms with van der Waals surface area (Å²) in [6.07, 6.45) is 0. The van der Waals surface area contributed by atoms with Crippen molar-refractivity contribution in [2.24, 2.45) is 0 Å². The molecule has 0 spiro atoms. The molecule has 0 N–H and O–H groups in total. The average Bonchev–Trinajstić information content (AvgIpc) is 3.91. The molecule has 2 heterocycles. The molecule has 0 saturated heterocycles. The van der Waals surface area contributed by atoms with Crippen molar-refractivity contribution >= 4 is 71.7 Å². The minimum absolute atomic E-state index is 0.855. The number of nitrogens with zero attached hydrogens (tertiary/aromatic N) is 1. The summed E-state index contributed by atoms with van der Waals surface area (Å²) in [5.41, 5.74) is 15.9. The van der Waals surface area contributed by atoms with E-state index in [2.05, 4.69) is 205 Å². The summed E-state index contributed by atoms with van der Waals surface area (Å²) in [4.78, 5) is 2.37. The Labute approximate surface area is 353 Å². The van der Waals surface area contributed by atoms with Gasteiger partial charge >= 0.3 is 0 Å². The zero-order valence-electron chi connectivity index (χ0n) is 33.1. The van der Waals surface area contributed by atoms with Gasteiger partial charge in [0.2, 0.25) is 0 Å². The molecule has 0 radical (unpaired) electrons. The van der Waals surface area contributed by atoms with Crippen LogP contribution in [0.25, 0.3) is 99.2 Å². The van der Waals surface area contributed by atoms with Crippen LogP contribution in [0.15, 0.2) is 233 Å². The highest BCUT2D eigenvalue weighted by Gasteiger charge is 2.21. The van der Waals surface area contributed by atoms with Gasteiger partial charge in [0.05, 0.1) is 5.69 Å². The highest BCUT2D eigenvalue weighted by molar-refractivity contribution is 6.19. The molecule has 12 aromatic rings. The lowest BCUT2D eigenvalue weighted by molar-refractivity contribution is 0.668. The first kappa shape index (κ1) is 34.9. The molecule has 0 aliphatic carbocycles. The molecule has 61 heavy (non-hydrogen) atoms. The summed E-state index contributed by atoms with van der Waals surface area (Å²) in [6, 6.07) is 80.1. The summed E-state index contributed by atoms with van der Waals surface area (Å²) in [5, 5.41) is 6.91. The number of hydrogen-bond donors (Lipinski definition) is 0. The monoisotopic (exact) mass is 779 g/mol. The number of hydrogen-bond acceptors (Lipinski definition) is 3. The average molecular weight is 780 g/mol. The summed E-state index contributed by atoms with van der Waals surface area (Å²) < 4.78 is 12.7. The van der Waals surface area contributed by atoms with E-state index >= 15 is 0 Å². The maximum absolute atomic E-state index is 6.47. The van der Waals surface area contributed by atoms with E-state index in [9.17, 15) is 0 Å². The highest BCUT2D eigenvalue weighted by atomic mass is 16.3. The maximum atomic E-state index is 6.47. The van der Waals surface area contributed by atoms with Crippen LogP contribution in [0.4, 0.5) is 17.1 Å². The van der Waals surface area contributed by atoms with E-state index in [0.29, 0.717) is 0 Å². The Morgan fingerprint density at radius 3 is 1.70 bits per heavy atom. The third-order valence-corrected chi connectivity index (χ3v) is 12.1.